The van der Waals surface area contributed by atoms with E-state index >= 15 is 0 Å². The molecule has 2 aromatic heterocycles. The average molecular weight is 442 g/mol. The molecule has 0 unspecified atom stereocenters. The Kier molecular flexibility index (Phi) is 5.21. The number of anilines is 1. The van der Waals surface area contributed by atoms with E-state index in [1.807, 2.05) is 0 Å². The van der Waals surface area contributed by atoms with E-state index in [2.05, 4.69) is 10.3 Å². The lowest BCUT2D eigenvalue weighted by Crippen LogP contribution is -2.36. The molecule has 3 heterocycles. The molecule has 1 aromatic carbocycles. The number of benzene rings is 1. The lowest BCUT2D eigenvalue weighted by atomic mass is 10.2. The van der Waals surface area contributed by atoms with Crippen LogP contribution in [-0.2, 0) is 10.0 Å². The molecule has 0 radical (unpaired) electrons. The molecule has 0 bridgehead atoms. The second kappa shape index (κ2) is 7.48. The molecule has 0 atom stereocenters. The van der Waals surface area contributed by atoms with Crippen LogP contribution in [0.2, 0.25) is 5.02 Å². The SMILES string of the molecule is O=C(Nc1nc2ccc(Cl)cc2s1)c1sccc1S(=O)(=O)N1CCCCC1. The molecular formula is C17H16ClN3O3S3. The molecule has 0 spiro atoms. The van der Waals surface area contributed by atoms with Crippen molar-refractivity contribution in [2.24, 2.45) is 0 Å². The Morgan fingerprint density at radius 1 is 1.19 bits per heavy atom. The number of hydrogen-bond donors (Lipinski definition) is 1. The van der Waals surface area contributed by atoms with Crippen LogP contribution < -0.4 is 5.32 Å². The molecule has 0 aliphatic carbocycles. The largest absolute Gasteiger partial charge is 0.297 e. The summed E-state index contributed by atoms with van der Waals surface area (Å²) in [5.41, 5.74) is 0.729. The van der Waals surface area contributed by atoms with E-state index in [1.54, 1.807) is 23.6 Å². The molecular weight excluding hydrogens is 426 g/mol. The molecule has 10 heteroatoms. The van der Waals surface area contributed by atoms with Crippen LogP contribution in [0.15, 0.2) is 34.5 Å². The highest BCUT2D eigenvalue weighted by Gasteiger charge is 2.31. The van der Waals surface area contributed by atoms with Crippen LogP contribution in [0.3, 0.4) is 0 Å². The number of halogens is 1. The summed E-state index contributed by atoms with van der Waals surface area (Å²) in [5, 5.41) is 5.35. The standard InChI is InChI=1S/C17H16ClN3O3S3/c18-11-4-5-12-13(10-11)26-17(19-12)20-16(22)15-14(6-9-25-15)27(23,24)21-7-2-1-3-8-21/h4-6,9-10H,1-3,7-8H2,(H,19,20,22). The number of hydrogen-bond acceptors (Lipinski definition) is 6. The smallest absolute Gasteiger partial charge is 0.268 e. The quantitative estimate of drug-likeness (QED) is 0.649. The highest BCUT2D eigenvalue weighted by atomic mass is 35.5. The second-order valence-electron chi connectivity index (χ2n) is 6.16. The van der Waals surface area contributed by atoms with E-state index in [0.29, 0.717) is 23.2 Å². The summed E-state index contributed by atoms with van der Waals surface area (Å²) in [4.78, 5) is 17.3. The summed E-state index contributed by atoms with van der Waals surface area (Å²) < 4.78 is 28.2. The second-order valence-corrected chi connectivity index (χ2v) is 10.5. The first-order valence-corrected chi connectivity index (χ1v) is 11.9. The van der Waals surface area contributed by atoms with E-state index in [-0.39, 0.29) is 9.77 Å². The van der Waals surface area contributed by atoms with Crippen LogP contribution in [-0.4, -0.2) is 36.7 Å². The number of fused-ring (bicyclic) bond motifs is 1. The number of sulfonamides is 1. The molecule has 1 amide bonds. The van der Waals surface area contributed by atoms with Gasteiger partial charge in [0, 0.05) is 18.1 Å². The van der Waals surface area contributed by atoms with Crippen molar-refractivity contribution in [3.8, 4) is 0 Å². The van der Waals surface area contributed by atoms with Crippen LogP contribution in [0.5, 0.6) is 0 Å². The van der Waals surface area contributed by atoms with Gasteiger partial charge >= 0.3 is 0 Å². The van der Waals surface area contributed by atoms with Crippen molar-refractivity contribution in [2.45, 2.75) is 24.2 Å². The number of carbonyl (C=O) groups excluding carboxylic acids is 1. The van der Waals surface area contributed by atoms with Gasteiger partial charge in [-0.05, 0) is 42.5 Å². The van der Waals surface area contributed by atoms with Crippen LogP contribution in [0.1, 0.15) is 28.9 Å². The van der Waals surface area contributed by atoms with Gasteiger partial charge in [-0.1, -0.05) is 29.4 Å². The Hall–Kier alpha value is -1.52. The monoisotopic (exact) mass is 441 g/mol. The highest BCUT2D eigenvalue weighted by molar-refractivity contribution is 7.89. The third kappa shape index (κ3) is 3.74. The first-order valence-electron chi connectivity index (χ1n) is 8.40. The molecule has 1 N–H and O–H groups in total. The minimum atomic E-state index is -3.67. The molecule has 1 aliphatic heterocycles. The van der Waals surface area contributed by atoms with Gasteiger partial charge in [0.15, 0.2) is 5.13 Å². The van der Waals surface area contributed by atoms with Crippen LogP contribution in [0.25, 0.3) is 10.2 Å². The van der Waals surface area contributed by atoms with Gasteiger partial charge in [-0.2, -0.15) is 4.31 Å². The van der Waals surface area contributed by atoms with Gasteiger partial charge in [0.05, 0.1) is 10.2 Å². The summed E-state index contributed by atoms with van der Waals surface area (Å²) in [7, 11) is -3.67. The normalized spacial score (nSPS) is 15.9. The number of rotatable bonds is 4. The zero-order valence-corrected chi connectivity index (χ0v) is 17.3. The predicted molar refractivity (Wildman–Crippen MR) is 110 cm³/mol. The van der Waals surface area contributed by atoms with Gasteiger partial charge < -0.3 is 0 Å². The van der Waals surface area contributed by atoms with Gasteiger partial charge in [-0.3, -0.25) is 10.1 Å². The van der Waals surface area contributed by atoms with Gasteiger partial charge in [0.2, 0.25) is 10.0 Å². The van der Waals surface area contributed by atoms with Crippen LogP contribution in [0.4, 0.5) is 5.13 Å². The number of nitrogens with zero attached hydrogens (tertiary/aromatic N) is 2. The zero-order chi connectivity index (χ0) is 19.0. The molecule has 142 valence electrons. The third-order valence-electron chi connectivity index (χ3n) is 4.34. The minimum Gasteiger partial charge on any atom is -0.297 e. The van der Waals surface area contributed by atoms with E-state index < -0.39 is 15.9 Å². The van der Waals surface area contributed by atoms with Crippen molar-refractivity contribution >= 4 is 65.6 Å². The summed E-state index contributed by atoms with van der Waals surface area (Å²) in [6.45, 7) is 0.996. The Morgan fingerprint density at radius 2 is 1.96 bits per heavy atom. The molecule has 3 aromatic rings. The number of carbonyl (C=O) groups is 1. The highest BCUT2D eigenvalue weighted by Crippen LogP contribution is 2.31. The van der Waals surface area contributed by atoms with Gasteiger partial charge in [0.1, 0.15) is 9.77 Å². The van der Waals surface area contributed by atoms with Crippen molar-refractivity contribution in [1.29, 1.82) is 0 Å². The predicted octanol–water partition coefficient (Wildman–Crippen LogP) is 4.44. The third-order valence-corrected chi connectivity index (χ3v) is 8.49. The first kappa shape index (κ1) is 18.8. The molecule has 4 rings (SSSR count). The first-order chi connectivity index (χ1) is 12.9. The molecule has 0 saturated carbocycles. The zero-order valence-electron chi connectivity index (χ0n) is 14.1. The molecule has 27 heavy (non-hydrogen) atoms. The Morgan fingerprint density at radius 3 is 2.74 bits per heavy atom. The van der Waals surface area contributed by atoms with Crippen molar-refractivity contribution in [2.75, 3.05) is 18.4 Å². The van der Waals surface area contributed by atoms with Crippen molar-refractivity contribution < 1.29 is 13.2 Å². The van der Waals surface area contributed by atoms with Crippen molar-refractivity contribution in [3.63, 3.8) is 0 Å². The van der Waals surface area contributed by atoms with E-state index in [4.69, 9.17) is 11.6 Å². The maximum Gasteiger partial charge on any atom is 0.268 e. The lowest BCUT2D eigenvalue weighted by Gasteiger charge is -2.25. The summed E-state index contributed by atoms with van der Waals surface area (Å²) >= 11 is 8.39. The number of nitrogens with one attached hydrogen (secondary N) is 1. The summed E-state index contributed by atoms with van der Waals surface area (Å²) in [6, 6.07) is 6.79. The average Bonchev–Trinajstić information content (AvgIpc) is 3.29. The number of piperidine rings is 1. The number of thiophene rings is 1. The topological polar surface area (TPSA) is 79.4 Å². The fourth-order valence-corrected chi connectivity index (χ4v) is 6.97. The number of thiazole rings is 1. The Labute approximate surface area is 169 Å². The lowest BCUT2D eigenvalue weighted by molar-refractivity contribution is 0.102. The van der Waals surface area contributed by atoms with E-state index in [0.717, 1.165) is 40.8 Å². The maximum absolute atomic E-state index is 12.9. The maximum atomic E-state index is 12.9. The molecule has 1 saturated heterocycles. The minimum absolute atomic E-state index is 0.0658. The fraction of sp³-hybridized carbons (Fsp3) is 0.294. The molecule has 1 fully saturated rings. The van der Waals surface area contributed by atoms with Crippen LogP contribution >= 0.6 is 34.3 Å². The van der Waals surface area contributed by atoms with Gasteiger partial charge in [0.25, 0.3) is 5.91 Å². The van der Waals surface area contributed by atoms with E-state index in [9.17, 15) is 13.2 Å². The van der Waals surface area contributed by atoms with Crippen molar-refractivity contribution in [3.05, 3.63) is 39.5 Å². The molecule has 1 aliphatic rings. The molecule has 6 nitrogen and oxygen atoms in total. The number of aromatic nitrogens is 1. The number of amides is 1. The Bertz CT molecular complexity index is 1100. The Balaban J connectivity index is 1.60. The summed E-state index contributed by atoms with van der Waals surface area (Å²) in [6.07, 6.45) is 2.73. The van der Waals surface area contributed by atoms with Gasteiger partial charge in [-0.25, -0.2) is 13.4 Å². The van der Waals surface area contributed by atoms with Crippen molar-refractivity contribution in [1.82, 2.24) is 9.29 Å². The van der Waals surface area contributed by atoms with Gasteiger partial charge in [-0.15, -0.1) is 11.3 Å². The van der Waals surface area contributed by atoms with Crippen LogP contribution in [0, 0.1) is 0 Å². The summed E-state index contributed by atoms with van der Waals surface area (Å²) in [5.74, 6) is -0.467. The fourth-order valence-electron chi connectivity index (χ4n) is 3.02. The van der Waals surface area contributed by atoms with E-state index in [1.165, 1.54) is 21.7 Å².